The number of nitrogens with one attached hydrogen (secondary N) is 2. The van der Waals surface area contributed by atoms with Crippen LogP contribution >= 0.6 is 23.6 Å². The molecule has 0 amide bonds. The molecule has 0 fully saturated rings. The standard InChI is InChI=1S/C16H21N5OS2/c1-4-21(5-2)16-17-10-14(24-16)11-18-20-15(23)19-12-6-8-13(22-3)9-7-12/h6-11H,4-5H2,1-3H3,(H2,19,20,23)/b18-11-. The summed E-state index contributed by atoms with van der Waals surface area (Å²) in [4.78, 5) is 7.57. The molecule has 0 aliphatic heterocycles. The number of hydrogen-bond donors (Lipinski definition) is 2. The topological polar surface area (TPSA) is 61.8 Å². The molecule has 0 aliphatic rings. The first-order chi connectivity index (χ1) is 11.7. The van der Waals surface area contributed by atoms with Crippen molar-refractivity contribution >= 4 is 45.7 Å². The van der Waals surface area contributed by atoms with Crippen LogP contribution in [0.2, 0.25) is 0 Å². The molecule has 128 valence electrons. The number of methoxy groups -OCH3 is 1. The highest BCUT2D eigenvalue weighted by molar-refractivity contribution is 7.80. The lowest BCUT2D eigenvalue weighted by atomic mass is 10.3. The molecule has 2 aromatic rings. The minimum Gasteiger partial charge on any atom is -0.497 e. The Balaban J connectivity index is 1.85. The lowest BCUT2D eigenvalue weighted by Crippen LogP contribution is -2.23. The SMILES string of the molecule is CCN(CC)c1ncc(/C=N\NC(=S)Nc2ccc(OC)cc2)s1. The van der Waals surface area contributed by atoms with Crippen molar-refractivity contribution in [3.63, 3.8) is 0 Å². The number of thiazole rings is 1. The monoisotopic (exact) mass is 363 g/mol. The van der Waals surface area contributed by atoms with E-state index in [1.165, 1.54) is 0 Å². The molecule has 2 rings (SSSR count). The molecule has 0 atom stereocenters. The molecule has 1 aromatic heterocycles. The van der Waals surface area contributed by atoms with Gasteiger partial charge in [-0.25, -0.2) is 4.98 Å². The van der Waals surface area contributed by atoms with Gasteiger partial charge in [0.1, 0.15) is 5.75 Å². The normalized spacial score (nSPS) is 10.6. The Morgan fingerprint density at radius 3 is 2.67 bits per heavy atom. The van der Waals surface area contributed by atoms with Crippen molar-refractivity contribution < 1.29 is 4.74 Å². The number of thiocarbonyl (C=S) groups is 1. The Morgan fingerprint density at radius 2 is 2.04 bits per heavy atom. The maximum Gasteiger partial charge on any atom is 0.191 e. The van der Waals surface area contributed by atoms with Gasteiger partial charge in [-0.3, -0.25) is 5.43 Å². The van der Waals surface area contributed by atoms with Crippen LogP contribution in [0.25, 0.3) is 0 Å². The second kappa shape index (κ2) is 9.19. The van der Waals surface area contributed by atoms with E-state index in [1.807, 2.05) is 30.5 Å². The van der Waals surface area contributed by atoms with Gasteiger partial charge in [-0.05, 0) is 50.3 Å². The van der Waals surface area contributed by atoms with Crippen LogP contribution in [0.1, 0.15) is 18.7 Å². The van der Waals surface area contributed by atoms with Crippen LogP contribution in [0.3, 0.4) is 0 Å². The number of hydrazone groups is 1. The summed E-state index contributed by atoms with van der Waals surface area (Å²) in [5.74, 6) is 0.798. The predicted octanol–water partition coefficient (Wildman–Crippen LogP) is 3.32. The first-order valence-corrected chi connectivity index (χ1v) is 8.83. The summed E-state index contributed by atoms with van der Waals surface area (Å²) >= 11 is 6.81. The van der Waals surface area contributed by atoms with E-state index >= 15 is 0 Å². The minimum absolute atomic E-state index is 0.421. The van der Waals surface area contributed by atoms with E-state index in [4.69, 9.17) is 17.0 Å². The molecule has 1 heterocycles. The third-order valence-corrected chi connectivity index (χ3v) is 4.44. The summed E-state index contributed by atoms with van der Waals surface area (Å²) in [6.07, 6.45) is 3.52. The van der Waals surface area contributed by atoms with E-state index in [-0.39, 0.29) is 0 Å². The fourth-order valence-corrected chi connectivity index (χ4v) is 3.05. The fraction of sp³-hybridized carbons (Fsp3) is 0.312. The van der Waals surface area contributed by atoms with E-state index in [0.717, 1.165) is 34.5 Å². The molecule has 0 saturated carbocycles. The predicted molar refractivity (Wildman–Crippen MR) is 106 cm³/mol. The van der Waals surface area contributed by atoms with Crippen LogP contribution in [0.15, 0.2) is 35.6 Å². The number of aromatic nitrogens is 1. The van der Waals surface area contributed by atoms with Gasteiger partial charge in [-0.1, -0.05) is 11.3 Å². The van der Waals surface area contributed by atoms with Crippen LogP contribution in [0, 0.1) is 0 Å². The molecule has 0 spiro atoms. The number of anilines is 2. The molecule has 6 nitrogen and oxygen atoms in total. The number of nitrogens with zero attached hydrogens (tertiary/aromatic N) is 3. The summed E-state index contributed by atoms with van der Waals surface area (Å²) in [5.41, 5.74) is 3.66. The van der Waals surface area contributed by atoms with Gasteiger partial charge < -0.3 is 15.0 Å². The molecule has 8 heteroatoms. The van der Waals surface area contributed by atoms with Gasteiger partial charge in [0.2, 0.25) is 0 Å². The molecule has 0 aliphatic carbocycles. The number of benzene rings is 1. The Kier molecular flexibility index (Phi) is 6.95. The smallest absolute Gasteiger partial charge is 0.191 e. The largest absolute Gasteiger partial charge is 0.497 e. The highest BCUT2D eigenvalue weighted by atomic mass is 32.1. The van der Waals surface area contributed by atoms with Crippen LogP contribution in [0.5, 0.6) is 5.75 Å². The fourth-order valence-electron chi connectivity index (χ4n) is 1.96. The van der Waals surface area contributed by atoms with Gasteiger partial charge >= 0.3 is 0 Å². The van der Waals surface area contributed by atoms with E-state index in [2.05, 4.69) is 39.6 Å². The molecule has 2 N–H and O–H groups in total. The van der Waals surface area contributed by atoms with Gasteiger partial charge in [0.15, 0.2) is 10.2 Å². The Labute approximate surface area is 151 Å². The van der Waals surface area contributed by atoms with E-state index in [9.17, 15) is 0 Å². The average molecular weight is 364 g/mol. The zero-order valence-electron chi connectivity index (χ0n) is 13.9. The zero-order valence-corrected chi connectivity index (χ0v) is 15.6. The lowest BCUT2D eigenvalue weighted by molar-refractivity contribution is 0.415. The van der Waals surface area contributed by atoms with Crippen molar-refractivity contribution in [1.29, 1.82) is 0 Å². The Bertz CT molecular complexity index is 680. The van der Waals surface area contributed by atoms with Gasteiger partial charge in [0.05, 0.1) is 18.2 Å². The quantitative estimate of drug-likeness (QED) is 0.447. The highest BCUT2D eigenvalue weighted by Gasteiger charge is 2.06. The van der Waals surface area contributed by atoms with Crippen LogP contribution in [0.4, 0.5) is 10.8 Å². The highest BCUT2D eigenvalue weighted by Crippen LogP contribution is 2.20. The van der Waals surface area contributed by atoms with Gasteiger partial charge in [0.25, 0.3) is 0 Å². The van der Waals surface area contributed by atoms with E-state index < -0.39 is 0 Å². The van der Waals surface area contributed by atoms with Crippen molar-refractivity contribution in [2.75, 3.05) is 30.4 Å². The zero-order chi connectivity index (χ0) is 17.4. The number of hydrogen-bond acceptors (Lipinski definition) is 6. The van der Waals surface area contributed by atoms with Crippen molar-refractivity contribution in [3.8, 4) is 5.75 Å². The minimum atomic E-state index is 0.421. The molecule has 0 saturated heterocycles. The third kappa shape index (κ3) is 5.17. The van der Waals surface area contributed by atoms with Gasteiger partial charge in [-0.2, -0.15) is 5.10 Å². The van der Waals surface area contributed by atoms with Gasteiger partial charge in [-0.15, -0.1) is 0 Å². The Morgan fingerprint density at radius 1 is 1.33 bits per heavy atom. The molecular formula is C16H21N5OS2. The van der Waals surface area contributed by atoms with Crippen molar-refractivity contribution in [2.24, 2.45) is 5.10 Å². The molecule has 1 aromatic carbocycles. The van der Waals surface area contributed by atoms with Crippen LogP contribution < -0.4 is 20.4 Å². The maximum absolute atomic E-state index is 5.21. The second-order valence-corrected chi connectivity index (χ2v) is 6.22. The number of ether oxygens (including phenoxy) is 1. The van der Waals surface area contributed by atoms with Crippen molar-refractivity contribution in [1.82, 2.24) is 10.4 Å². The lowest BCUT2D eigenvalue weighted by Gasteiger charge is -2.16. The van der Waals surface area contributed by atoms with Crippen molar-refractivity contribution in [2.45, 2.75) is 13.8 Å². The van der Waals surface area contributed by atoms with Crippen molar-refractivity contribution in [3.05, 3.63) is 35.3 Å². The summed E-state index contributed by atoms with van der Waals surface area (Å²) in [6, 6.07) is 7.49. The molecular weight excluding hydrogens is 342 g/mol. The summed E-state index contributed by atoms with van der Waals surface area (Å²) < 4.78 is 5.11. The van der Waals surface area contributed by atoms with Crippen LogP contribution in [-0.4, -0.2) is 36.5 Å². The maximum atomic E-state index is 5.21. The molecule has 0 radical (unpaired) electrons. The first kappa shape index (κ1) is 18.2. The van der Waals surface area contributed by atoms with Gasteiger partial charge in [0, 0.05) is 25.0 Å². The molecule has 24 heavy (non-hydrogen) atoms. The Hall–Kier alpha value is -2.19. The van der Waals surface area contributed by atoms with Crippen LogP contribution in [-0.2, 0) is 0 Å². The summed E-state index contributed by atoms with van der Waals surface area (Å²) in [5, 5.41) is 8.62. The number of rotatable bonds is 7. The summed E-state index contributed by atoms with van der Waals surface area (Å²) in [6.45, 7) is 6.11. The molecule has 0 bridgehead atoms. The first-order valence-electron chi connectivity index (χ1n) is 7.61. The average Bonchev–Trinajstić information content (AvgIpc) is 3.05. The molecule has 0 unspecified atom stereocenters. The van der Waals surface area contributed by atoms with E-state index in [0.29, 0.717) is 5.11 Å². The second-order valence-electron chi connectivity index (χ2n) is 4.77. The van der Waals surface area contributed by atoms with E-state index in [1.54, 1.807) is 24.7 Å². The summed E-state index contributed by atoms with van der Waals surface area (Å²) in [7, 11) is 1.63. The third-order valence-electron chi connectivity index (χ3n) is 3.25.